The lowest BCUT2D eigenvalue weighted by atomic mass is 10.1. The molecule has 0 bridgehead atoms. The molecule has 0 fully saturated rings. The Morgan fingerprint density at radius 3 is 2.00 bits per heavy atom. The average molecular weight is 251 g/mol. The lowest BCUT2D eigenvalue weighted by Gasteiger charge is -2.04. The van der Waals surface area contributed by atoms with Crippen LogP contribution in [0.1, 0.15) is 41.0 Å². The summed E-state index contributed by atoms with van der Waals surface area (Å²) < 4.78 is 0. The molecule has 0 N–H and O–H groups in total. The van der Waals surface area contributed by atoms with Gasteiger partial charge >= 0.3 is 0 Å². The third-order valence-corrected chi connectivity index (χ3v) is 2.18. The fourth-order valence-corrected chi connectivity index (χ4v) is 1.40. The highest BCUT2D eigenvalue weighted by molar-refractivity contribution is 6.20. The van der Waals surface area contributed by atoms with E-state index in [1.54, 1.807) is 18.2 Å². The Bertz CT molecular complexity index is 352. The molecule has 1 rings (SSSR count). The van der Waals surface area contributed by atoms with Crippen LogP contribution < -0.4 is 0 Å². The summed E-state index contributed by atoms with van der Waals surface area (Å²) in [7, 11) is 1.50. The lowest BCUT2D eigenvalue weighted by molar-refractivity contribution is -0.135. The summed E-state index contributed by atoms with van der Waals surface area (Å²) in [5, 5.41) is 0. The molecule has 2 amide bonds. The highest BCUT2D eigenvalue weighted by atomic mass is 16.2. The van der Waals surface area contributed by atoms with E-state index in [9.17, 15) is 9.59 Å². The fourth-order valence-electron chi connectivity index (χ4n) is 1.40. The molecule has 102 valence electrons. The van der Waals surface area contributed by atoms with Crippen molar-refractivity contribution in [3.8, 4) is 0 Å². The van der Waals surface area contributed by atoms with Crippen LogP contribution in [0.2, 0.25) is 0 Å². The van der Waals surface area contributed by atoms with Crippen molar-refractivity contribution < 1.29 is 9.59 Å². The number of nitrogens with zero attached hydrogens (tertiary/aromatic N) is 1. The average Bonchev–Trinajstić information content (AvgIpc) is 2.64. The number of imide groups is 1. The van der Waals surface area contributed by atoms with E-state index in [-0.39, 0.29) is 11.8 Å². The van der Waals surface area contributed by atoms with Gasteiger partial charge in [-0.15, -0.1) is 0 Å². The number of hydrogen-bond donors (Lipinski definition) is 0. The van der Waals surface area contributed by atoms with E-state index in [0.717, 1.165) is 4.90 Å². The number of hydrogen-bond acceptors (Lipinski definition) is 2. The maximum atomic E-state index is 11.6. The van der Waals surface area contributed by atoms with Gasteiger partial charge in [0.25, 0.3) is 11.8 Å². The maximum Gasteiger partial charge on any atom is 0.260 e. The molecule has 0 unspecified atom stereocenters. The summed E-state index contributed by atoms with van der Waals surface area (Å²) in [6.07, 6.45) is 5.45. The first kappa shape index (κ1) is 18.7. The van der Waals surface area contributed by atoms with Crippen molar-refractivity contribution in [3.05, 3.63) is 36.0 Å². The smallest absolute Gasteiger partial charge is 0.260 e. The van der Waals surface area contributed by atoms with Crippen LogP contribution in [-0.4, -0.2) is 23.8 Å². The van der Waals surface area contributed by atoms with Gasteiger partial charge in [0.15, 0.2) is 0 Å². The summed E-state index contributed by atoms with van der Waals surface area (Å²) in [6.45, 7) is 13.4. The van der Waals surface area contributed by atoms with E-state index in [1.165, 1.54) is 7.05 Å². The molecule has 0 aromatic heterocycles. The third kappa shape index (κ3) is 4.32. The van der Waals surface area contributed by atoms with Crippen molar-refractivity contribution >= 4 is 11.8 Å². The number of likely N-dealkylation sites (N-methyl/N-ethyl adjacent to an activating group) is 1. The van der Waals surface area contributed by atoms with E-state index >= 15 is 0 Å². The molecular weight excluding hydrogens is 226 g/mol. The van der Waals surface area contributed by atoms with Gasteiger partial charge in [-0.05, 0) is 12.5 Å². The summed E-state index contributed by atoms with van der Waals surface area (Å²) in [4.78, 5) is 24.2. The zero-order valence-corrected chi connectivity index (χ0v) is 12.4. The second-order valence-corrected chi connectivity index (χ2v) is 3.01. The normalized spacial score (nSPS) is 14.2. The Labute approximate surface area is 111 Å². The van der Waals surface area contributed by atoms with Crippen LogP contribution in [0.3, 0.4) is 0 Å². The van der Waals surface area contributed by atoms with E-state index in [2.05, 4.69) is 6.58 Å². The van der Waals surface area contributed by atoms with Gasteiger partial charge in [0, 0.05) is 18.2 Å². The van der Waals surface area contributed by atoms with Crippen LogP contribution in [0, 0.1) is 0 Å². The van der Waals surface area contributed by atoms with Gasteiger partial charge in [0.05, 0.1) is 0 Å². The molecule has 0 radical (unpaired) electrons. The van der Waals surface area contributed by atoms with Crippen LogP contribution in [0.25, 0.3) is 0 Å². The predicted molar refractivity (Wildman–Crippen MR) is 77.1 cm³/mol. The lowest BCUT2D eigenvalue weighted by Crippen LogP contribution is -2.26. The van der Waals surface area contributed by atoms with Crippen molar-refractivity contribution in [1.82, 2.24) is 4.90 Å². The first-order chi connectivity index (χ1) is 8.63. The summed E-state index contributed by atoms with van der Waals surface area (Å²) in [5.74, 6) is -0.425. The minimum absolute atomic E-state index is 0.193. The maximum absolute atomic E-state index is 11.6. The van der Waals surface area contributed by atoms with Crippen LogP contribution >= 0.6 is 0 Å². The molecule has 18 heavy (non-hydrogen) atoms. The van der Waals surface area contributed by atoms with Crippen LogP contribution in [0.15, 0.2) is 36.0 Å². The summed E-state index contributed by atoms with van der Waals surface area (Å²) in [6, 6.07) is 0. The Kier molecular flexibility index (Phi) is 10.9. The SMILES string of the molecule is C=C/C=C\C1=C(CC)C(=O)N(C)C1=O.CC.CC. The summed E-state index contributed by atoms with van der Waals surface area (Å²) in [5.41, 5.74) is 1.07. The van der Waals surface area contributed by atoms with Gasteiger partial charge in [-0.25, -0.2) is 0 Å². The first-order valence-corrected chi connectivity index (χ1v) is 6.48. The highest BCUT2D eigenvalue weighted by Crippen LogP contribution is 2.22. The molecule has 0 spiro atoms. The van der Waals surface area contributed by atoms with Crippen molar-refractivity contribution in [2.75, 3.05) is 7.05 Å². The van der Waals surface area contributed by atoms with Gasteiger partial charge in [-0.3, -0.25) is 14.5 Å². The molecule has 0 atom stereocenters. The third-order valence-electron chi connectivity index (χ3n) is 2.18. The Morgan fingerprint density at radius 2 is 1.61 bits per heavy atom. The minimum atomic E-state index is -0.232. The molecule has 3 heteroatoms. The van der Waals surface area contributed by atoms with Crippen molar-refractivity contribution in [1.29, 1.82) is 0 Å². The fraction of sp³-hybridized carbons (Fsp3) is 0.467. The number of carbonyl (C=O) groups excluding carboxylic acids is 2. The topological polar surface area (TPSA) is 37.4 Å². The van der Waals surface area contributed by atoms with E-state index in [4.69, 9.17) is 0 Å². The number of rotatable bonds is 3. The van der Waals surface area contributed by atoms with Crippen molar-refractivity contribution in [2.24, 2.45) is 0 Å². The monoisotopic (exact) mass is 251 g/mol. The molecule has 0 aromatic carbocycles. The Hall–Kier alpha value is -1.64. The summed E-state index contributed by atoms with van der Waals surface area (Å²) >= 11 is 0. The molecule has 3 nitrogen and oxygen atoms in total. The second kappa shape index (κ2) is 10.5. The largest absolute Gasteiger partial charge is 0.278 e. The van der Waals surface area contributed by atoms with Gasteiger partial charge in [-0.2, -0.15) is 0 Å². The first-order valence-electron chi connectivity index (χ1n) is 6.48. The molecule has 1 aliphatic heterocycles. The predicted octanol–water partition coefficient (Wildman–Crippen LogP) is 3.49. The van der Waals surface area contributed by atoms with Crippen LogP contribution in [0.4, 0.5) is 0 Å². The number of amides is 2. The van der Waals surface area contributed by atoms with Gasteiger partial charge in [0.1, 0.15) is 0 Å². The zero-order valence-electron chi connectivity index (χ0n) is 12.4. The molecule has 0 aromatic rings. The van der Waals surface area contributed by atoms with Gasteiger partial charge < -0.3 is 0 Å². The van der Waals surface area contributed by atoms with Crippen LogP contribution in [-0.2, 0) is 9.59 Å². The second-order valence-electron chi connectivity index (χ2n) is 3.01. The van der Waals surface area contributed by atoms with E-state index < -0.39 is 0 Å². The molecule has 1 aliphatic rings. The Morgan fingerprint density at radius 1 is 1.11 bits per heavy atom. The van der Waals surface area contributed by atoms with E-state index in [0.29, 0.717) is 17.6 Å². The number of allylic oxidation sites excluding steroid dienone is 2. The van der Waals surface area contributed by atoms with Crippen LogP contribution in [0.5, 0.6) is 0 Å². The molecule has 0 saturated carbocycles. The van der Waals surface area contributed by atoms with Gasteiger partial charge in [0.2, 0.25) is 0 Å². The van der Waals surface area contributed by atoms with Crippen molar-refractivity contribution in [3.63, 3.8) is 0 Å². The standard InChI is InChI=1S/C11H13NO2.2C2H6/c1-4-6-7-9-8(5-2)10(13)12(3)11(9)14;2*1-2/h4,6-7H,1,5H2,2-3H3;2*1-2H3/b7-6-;;. The Balaban J connectivity index is 0. The zero-order chi connectivity index (χ0) is 14.7. The number of carbonyl (C=O) groups is 2. The minimum Gasteiger partial charge on any atom is -0.278 e. The van der Waals surface area contributed by atoms with Gasteiger partial charge in [-0.1, -0.05) is 53.3 Å². The molecule has 0 aliphatic carbocycles. The quantitative estimate of drug-likeness (QED) is 0.569. The molecular formula is C15H25NO2. The van der Waals surface area contributed by atoms with E-state index in [1.807, 2.05) is 34.6 Å². The highest BCUT2D eigenvalue weighted by Gasteiger charge is 2.32. The molecule has 1 heterocycles. The van der Waals surface area contributed by atoms with Crippen molar-refractivity contribution in [2.45, 2.75) is 41.0 Å². The molecule has 0 saturated heterocycles.